The van der Waals surface area contributed by atoms with Gasteiger partial charge in [-0.05, 0) is 31.3 Å². The van der Waals surface area contributed by atoms with Gasteiger partial charge in [0.2, 0.25) is 0 Å². The summed E-state index contributed by atoms with van der Waals surface area (Å²) in [7, 11) is 3.62. The molecule has 0 spiro atoms. The van der Waals surface area contributed by atoms with Gasteiger partial charge in [-0.15, -0.1) is 0 Å². The molecule has 0 saturated carbocycles. The zero-order valence-electron chi connectivity index (χ0n) is 13.9. The van der Waals surface area contributed by atoms with Gasteiger partial charge in [0.25, 0.3) is 0 Å². The summed E-state index contributed by atoms with van der Waals surface area (Å²) in [6, 6.07) is 5.46. The minimum Gasteiger partial charge on any atom is -0.493 e. The van der Waals surface area contributed by atoms with Crippen LogP contribution < -0.4 is 15.4 Å². The van der Waals surface area contributed by atoms with Crippen LogP contribution >= 0.6 is 0 Å². The lowest BCUT2D eigenvalue weighted by Crippen LogP contribution is -2.45. The highest BCUT2D eigenvalue weighted by Crippen LogP contribution is 2.29. The van der Waals surface area contributed by atoms with Crippen LogP contribution in [0.5, 0.6) is 5.75 Å². The van der Waals surface area contributed by atoms with E-state index in [-0.39, 0.29) is 12.6 Å². The van der Waals surface area contributed by atoms with E-state index in [1.54, 1.807) is 5.32 Å². The number of benzene rings is 1. The number of likely N-dealkylation sites (N-methyl/N-ethyl adjacent to an activating group) is 1. The van der Waals surface area contributed by atoms with Crippen LogP contribution in [0.25, 0.3) is 0 Å². The fourth-order valence-corrected chi connectivity index (χ4v) is 2.54. The molecular weight excluding hydrogens is 339 g/mol. The van der Waals surface area contributed by atoms with Gasteiger partial charge >= 0.3 is 18.0 Å². The lowest BCUT2D eigenvalue weighted by Gasteiger charge is -2.25. The number of carbonyl (C=O) groups is 2. The van der Waals surface area contributed by atoms with Crippen LogP contribution in [0, 0.1) is 0 Å². The number of rotatable bonds is 5. The molecule has 0 radical (unpaired) electrons. The molecule has 1 aromatic carbocycles. The third kappa shape index (κ3) is 5.35. The maximum atomic E-state index is 12.1. The summed E-state index contributed by atoms with van der Waals surface area (Å²) >= 11 is 0. The average Bonchev–Trinajstić information content (AvgIpc) is 2.99. The Hall–Kier alpha value is -2.29. The first-order chi connectivity index (χ1) is 11.7. The highest BCUT2D eigenvalue weighted by atomic mass is 19.4. The lowest BCUT2D eigenvalue weighted by molar-refractivity contribution is -0.146. The first kappa shape index (κ1) is 19.0. The van der Waals surface area contributed by atoms with Crippen molar-refractivity contribution in [1.82, 2.24) is 15.5 Å². The SMILES string of the molecule is CN(C)C(CNC(=O)C(=O)NCC(F)(F)F)c1ccc2c(c1)CCO2. The molecule has 25 heavy (non-hydrogen) atoms. The number of alkyl halides is 3. The second-order valence-electron chi connectivity index (χ2n) is 5.95. The Morgan fingerprint density at radius 3 is 2.56 bits per heavy atom. The van der Waals surface area contributed by atoms with Gasteiger partial charge in [0.05, 0.1) is 12.6 Å². The van der Waals surface area contributed by atoms with Crippen molar-refractivity contribution in [3.8, 4) is 5.75 Å². The first-order valence-corrected chi connectivity index (χ1v) is 7.72. The number of nitrogens with zero attached hydrogens (tertiary/aromatic N) is 1. The van der Waals surface area contributed by atoms with Gasteiger partial charge in [0.1, 0.15) is 12.3 Å². The smallest absolute Gasteiger partial charge is 0.405 e. The number of hydrogen-bond acceptors (Lipinski definition) is 4. The summed E-state index contributed by atoms with van der Waals surface area (Å²) in [5.41, 5.74) is 1.99. The van der Waals surface area contributed by atoms with Gasteiger partial charge in [0, 0.05) is 13.0 Å². The van der Waals surface area contributed by atoms with E-state index in [2.05, 4.69) is 5.32 Å². The van der Waals surface area contributed by atoms with Crippen molar-refractivity contribution in [3.63, 3.8) is 0 Å². The lowest BCUT2D eigenvalue weighted by atomic mass is 10.0. The van der Waals surface area contributed by atoms with Crippen molar-refractivity contribution in [3.05, 3.63) is 29.3 Å². The van der Waals surface area contributed by atoms with Crippen molar-refractivity contribution < 1.29 is 27.5 Å². The van der Waals surface area contributed by atoms with Crippen LogP contribution in [-0.4, -0.2) is 56.7 Å². The quantitative estimate of drug-likeness (QED) is 0.770. The van der Waals surface area contributed by atoms with Crippen molar-refractivity contribution in [2.45, 2.75) is 18.6 Å². The highest BCUT2D eigenvalue weighted by molar-refractivity contribution is 6.35. The zero-order valence-corrected chi connectivity index (χ0v) is 13.9. The molecule has 0 bridgehead atoms. The Morgan fingerprint density at radius 1 is 1.24 bits per heavy atom. The summed E-state index contributed by atoms with van der Waals surface area (Å²) in [5, 5.41) is 3.92. The summed E-state index contributed by atoms with van der Waals surface area (Å²) in [6.07, 6.45) is -3.76. The van der Waals surface area contributed by atoms with E-state index >= 15 is 0 Å². The van der Waals surface area contributed by atoms with E-state index < -0.39 is 24.5 Å². The summed E-state index contributed by atoms with van der Waals surface area (Å²) in [5.74, 6) is -1.57. The third-order valence-corrected chi connectivity index (χ3v) is 3.83. The maximum Gasteiger partial charge on any atom is 0.405 e. The summed E-state index contributed by atoms with van der Waals surface area (Å²) < 4.78 is 41.6. The Bertz CT molecular complexity index is 647. The topological polar surface area (TPSA) is 70.7 Å². The number of amides is 2. The van der Waals surface area contributed by atoms with E-state index in [4.69, 9.17) is 4.74 Å². The Balaban J connectivity index is 1.96. The number of halogens is 3. The Kier molecular flexibility index (Phi) is 5.89. The molecule has 1 aromatic rings. The molecule has 1 unspecified atom stereocenters. The third-order valence-electron chi connectivity index (χ3n) is 3.83. The van der Waals surface area contributed by atoms with E-state index in [0.717, 1.165) is 23.3 Å². The molecule has 138 valence electrons. The van der Waals surface area contributed by atoms with Crippen molar-refractivity contribution in [2.75, 3.05) is 33.8 Å². The standard InChI is InChI=1S/C16H20F3N3O3/c1-22(2)12(10-3-4-13-11(7-10)5-6-25-13)8-20-14(23)15(24)21-9-16(17,18)19/h3-4,7,12H,5-6,8-9H2,1-2H3,(H,20,23)(H,21,24). The van der Waals surface area contributed by atoms with Crippen LogP contribution in [0.1, 0.15) is 17.2 Å². The highest BCUT2D eigenvalue weighted by Gasteiger charge is 2.29. The molecule has 1 heterocycles. The molecule has 1 aliphatic rings. The first-order valence-electron chi connectivity index (χ1n) is 7.72. The molecule has 0 saturated heterocycles. The zero-order chi connectivity index (χ0) is 18.6. The predicted molar refractivity (Wildman–Crippen MR) is 84.1 cm³/mol. The second-order valence-corrected chi connectivity index (χ2v) is 5.95. The van der Waals surface area contributed by atoms with Crippen molar-refractivity contribution in [2.24, 2.45) is 0 Å². The van der Waals surface area contributed by atoms with Crippen molar-refractivity contribution in [1.29, 1.82) is 0 Å². The molecule has 0 aliphatic carbocycles. The molecule has 9 heteroatoms. The fraction of sp³-hybridized carbons (Fsp3) is 0.500. The average molecular weight is 359 g/mol. The largest absolute Gasteiger partial charge is 0.493 e. The number of hydrogen-bond donors (Lipinski definition) is 2. The van der Waals surface area contributed by atoms with Crippen LogP contribution in [-0.2, 0) is 16.0 Å². The van der Waals surface area contributed by atoms with Crippen LogP contribution in [0.15, 0.2) is 18.2 Å². The Labute approximate surface area is 143 Å². The van der Waals surface area contributed by atoms with Gasteiger partial charge in [-0.25, -0.2) is 0 Å². The molecule has 0 fully saturated rings. The van der Waals surface area contributed by atoms with Crippen LogP contribution in [0.2, 0.25) is 0 Å². The van der Waals surface area contributed by atoms with E-state index in [1.165, 1.54) is 0 Å². The van der Waals surface area contributed by atoms with Crippen LogP contribution in [0.3, 0.4) is 0 Å². The van der Waals surface area contributed by atoms with Gasteiger partial charge in [0.15, 0.2) is 0 Å². The molecular formula is C16H20F3N3O3. The molecule has 6 nitrogen and oxygen atoms in total. The second kappa shape index (κ2) is 7.73. The minimum absolute atomic E-state index is 0.0882. The summed E-state index contributed by atoms with van der Waals surface area (Å²) in [4.78, 5) is 24.9. The van der Waals surface area contributed by atoms with E-state index in [0.29, 0.717) is 6.61 Å². The van der Waals surface area contributed by atoms with E-state index in [1.807, 2.05) is 37.2 Å². The van der Waals surface area contributed by atoms with Gasteiger partial charge < -0.3 is 20.3 Å². The number of ether oxygens (including phenoxy) is 1. The van der Waals surface area contributed by atoms with Gasteiger partial charge in [-0.1, -0.05) is 12.1 Å². The summed E-state index contributed by atoms with van der Waals surface area (Å²) in [6.45, 7) is -0.826. The van der Waals surface area contributed by atoms with Gasteiger partial charge in [-0.2, -0.15) is 13.2 Å². The van der Waals surface area contributed by atoms with Crippen LogP contribution in [0.4, 0.5) is 13.2 Å². The molecule has 2 amide bonds. The van der Waals surface area contributed by atoms with Crippen molar-refractivity contribution >= 4 is 11.8 Å². The number of fused-ring (bicyclic) bond motifs is 1. The number of carbonyl (C=O) groups excluding carboxylic acids is 2. The molecule has 2 N–H and O–H groups in total. The minimum atomic E-state index is -4.56. The number of nitrogens with one attached hydrogen (secondary N) is 2. The molecule has 2 rings (SSSR count). The molecule has 0 aromatic heterocycles. The normalized spacial score (nSPS) is 14.6. The fourth-order valence-electron chi connectivity index (χ4n) is 2.54. The van der Waals surface area contributed by atoms with E-state index in [9.17, 15) is 22.8 Å². The Morgan fingerprint density at radius 2 is 1.92 bits per heavy atom. The maximum absolute atomic E-state index is 12.1. The molecule has 1 atom stereocenters. The molecule has 1 aliphatic heterocycles. The predicted octanol–water partition coefficient (Wildman–Crippen LogP) is 1.02. The monoisotopic (exact) mass is 359 g/mol. The van der Waals surface area contributed by atoms with Gasteiger partial charge in [-0.3, -0.25) is 9.59 Å².